The van der Waals surface area contributed by atoms with Gasteiger partial charge in [-0.1, -0.05) is 6.07 Å². The number of rotatable bonds is 4. The highest BCUT2D eigenvalue weighted by Crippen LogP contribution is 2.28. The van der Waals surface area contributed by atoms with Gasteiger partial charge in [-0.15, -0.1) is 0 Å². The van der Waals surface area contributed by atoms with E-state index in [1.165, 1.54) is 6.07 Å². The Labute approximate surface area is 188 Å². The minimum Gasteiger partial charge on any atom is -0.326 e. The summed E-state index contributed by atoms with van der Waals surface area (Å²) in [5, 5.41) is 2.78. The van der Waals surface area contributed by atoms with Crippen molar-refractivity contribution < 1.29 is 18.4 Å². The summed E-state index contributed by atoms with van der Waals surface area (Å²) >= 11 is 0. The van der Waals surface area contributed by atoms with Gasteiger partial charge in [0.1, 0.15) is 23.4 Å². The largest absolute Gasteiger partial charge is 0.326 e. The Bertz CT molecular complexity index is 815. The predicted molar refractivity (Wildman–Crippen MR) is 119 cm³/mol. The summed E-state index contributed by atoms with van der Waals surface area (Å²) in [6.45, 7) is 9.75. The summed E-state index contributed by atoms with van der Waals surface area (Å²) in [5.74, 6) is -2.03. The summed E-state index contributed by atoms with van der Waals surface area (Å²) < 4.78 is 28.1. The molecule has 1 unspecified atom stereocenters. The molecule has 0 aromatic heterocycles. The van der Waals surface area contributed by atoms with Gasteiger partial charge in [-0.25, -0.2) is 13.6 Å². The van der Waals surface area contributed by atoms with Gasteiger partial charge in [0.15, 0.2) is 0 Å². The van der Waals surface area contributed by atoms with Gasteiger partial charge in [0.25, 0.3) is 0 Å². The smallest absolute Gasteiger partial charge is 0.318 e. The van der Waals surface area contributed by atoms with Crippen molar-refractivity contribution in [2.45, 2.75) is 51.2 Å². The lowest BCUT2D eigenvalue weighted by Gasteiger charge is -2.43. The van der Waals surface area contributed by atoms with E-state index < -0.39 is 23.6 Å². The third-order valence-corrected chi connectivity index (χ3v) is 7.06. The van der Waals surface area contributed by atoms with Crippen molar-refractivity contribution in [3.8, 4) is 0 Å². The fourth-order valence-electron chi connectivity index (χ4n) is 5.08. The van der Waals surface area contributed by atoms with Gasteiger partial charge in [0.05, 0.1) is 0 Å². The van der Waals surface area contributed by atoms with Crippen LogP contribution in [0.3, 0.4) is 0 Å². The van der Waals surface area contributed by atoms with Gasteiger partial charge in [-0.05, 0) is 58.3 Å². The van der Waals surface area contributed by atoms with Crippen LogP contribution in [0.4, 0.5) is 19.3 Å². The second-order valence-corrected chi connectivity index (χ2v) is 9.23. The van der Waals surface area contributed by atoms with E-state index >= 15 is 0 Å². The zero-order valence-electron chi connectivity index (χ0n) is 18.9. The molecule has 4 rings (SSSR count). The number of halogens is 2. The number of piperidine rings is 1. The lowest BCUT2D eigenvalue weighted by Crippen LogP contribution is -2.57. The van der Waals surface area contributed by atoms with Crippen molar-refractivity contribution in [1.82, 2.24) is 20.0 Å². The Morgan fingerprint density at radius 3 is 2.19 bits per heavy atom. The van der Waals surface area contributed by atoms with Crippen molar-refractivity contribution >= 4 is 17.6 Å². The first-order valence-electron chi connectivity index (χ1n) is 11.6. The van der Waals surface area contributed by atoms with E-state index in [2.05, 4.69) is 29.0 Å². The molecule has 1 aromatic carbocycles. The minimum atomic E-state index is -0.777. The van der Waals surface area contributed by atoms with Crippen LogP contribution in [-0.4, -0.2) is 90.6 Å². The SMILES string of the molecule is CC(C)N1CCC(N2CCN(C(=O)NC3CCN(c4c(F)cccc4F)C3=O)CC2)CC1. The average Bonchev–Trinajstić information content (AvgIpc) is 3.13. The second-order valence-electron chi connectivity index (χ2n) is 9.23. The maximum atomic E-state index is 14.1. The fraction of sp³-hybridized carbons (Fsp3) is 0.652. The van der Waals surface area contributed by atoms with E-state index in [0.29, 0.717) is 31.6 Å². The van der Waals surface area contributed by atoms with E-state index in [-0.39, 0.29) is 18.3 Å². The number of piperazine rings is 1. The van der Waals surface area contributed by atoms with E-state index in [4.69, 9.17) is 0 Å². The Hall–Kier alpha value is -2.26. The molecule has 3 amide bonds. The highest BCUT2D eigenvalue weighted by Gasteiger charge is 2.37. The Morgan fingerprint density at radius 1 is 0.969 bits per heavy atom. The maximum Gasteiger partial charge on any atom is 0.318 e. The fourth-order valence-corrected chi connectivity index (χ4v) is 5.08. The molecule has 1 N–H and O–H groups in total. The zero-order chi connectivity index (χ0) is 22.8. The number of carbonyl (C=O) groups is 2. The molecule has 3 fully saturated rings. The van der Waals surface area contributed by atoms with Crippen LogP contribution >= 0.6 is 0 Å². The van der Waals surface area contributed by atoms with Crippen LogP contribution in [0.5, 0.6) is 0 Å². The van der Waals surface area contributed by atoms with Gasteiger partial charge in [0, 0.05) is 44.8 Å². The lowest BCUT2D eigenvalue weighted by molar-refractivity contribution is -0.118. The first-order chi connectivity index (χ1) is 15.3. The van der Waals surface area contributed by atoms with Crippen molar-refractivity contribution in [2.75, 3.05) is 50.7 Å². The molecule has 3 aliphatic rings. The first-order valence-corrected chi connectivity index (χ1v) is 11.6. The summed E-state index contributed by atoms with van der Waals surface area (Å²) in [5.41, 5.74) is -0.341. The number of hydrogen-bond acceptors (Lipinski definition) is 4. The maximum absolute atomic E-state index is 14.1. The van der Waals surface area contributed by atoms with E-state index in [0.717, 1.165) is 56.1 Å². The van der Waals surface area contributed by atoms with Crippen molar-refractivity contribution in [2.24, 2.45) is 0 Å². The molecule has 0 bridgehead atoms. The van der Waals surface area contributed by atoms with E-state index in [1.54, 1.807) is 4.90 Å². The highest BCUT2D eigenvalue weighted by atomic mass is 19.1. The van der Waals surface area contributed by atoms with Gasteiger partial charge in [-0.2, -0.15) is 0 Å². The number of benzene rings is 1. The molecule has 3 saturated heterocycles. The Morgan fingerprint density at radius 2 is 1.59 bits per heavy atom. The molecule has 9 heteroatoms. The lowest BCUT2D eigenvalue weighted by atomic mass is 10.0. The second kappa shape index (κ2) is 9.70. The van der Waals surface area contributed by atoms with Gasteiger partial charge in [-0.3, -0.25) is 9.69 Å². The molecule has 32 heavy (non-hydrogen) atoms. The summed E-state index contributed by atoms with van der Waals surface area (Å²) in [6, 6.07) is 3.62. The van der Waals surface area contributed by atoms with E-state index in [1.807, 2.05) is 0 Å². The van der Waals surface area contributed by atoms with Crippen LogP contribution in [0.15, 0.2) is 18.2 Å². The third-order valence-electron chi connectivity index (χ3n) is 7.06. The molecule has 0 saturated carbocycles. The average molecular weight is 450 g/mol. The molecule has 0 radical (unpaired) electrons. The number of likely N-dealkylation sites (tertiary alicyclic amines) is 1. The van der Waals surface area contributed by atoms with Crippen LogP contribution in [0, 0.1) is 11.6 Å². The monoisotopic (exact) mass is 449 g/mol. The quantitative estimate of drug-likeness (QED) is 0.766. The number of nitrogens with one attached hydrogen (secondary N) is 1. The van der Waals surface area contributed by atoms with Crippen molar-refractivity contribution in [3.05, 3.63) is 29.8 Å². The zero-order valence-corrected chi connectivity index (χ0v) is 18.9. The number of para-hydroxylation sites is 1. The molecule has 3 heterocycles. The number of nitrogens with zero attached hydrogens (tertiary/aromatic N) is 4. The standard InChI is InChI=1S/C23H33F2N5O2/c1-16(2)27-9-6-17(7-10-27)28-12-14-29(15-13-28)23(32)26-20-8-11-30(22(20)31)21-18(24)4-3-5-19(21)25/h3-5,16-17,20H,6-15H2,1-2H3,(H,26,32). The highest BCUT2D eigenvalue weighted by molar-refractivity contribution is 6.01. The summed E-state index contributed by atoms with van der Waals surface area (Å²) in [4.78, 5) is 33.3. The molecular weight excluding hydrogens is 416 g/mol. The number of urea groups is 1. The number of carbonyl (C=O) groups excluding carboxylic acids is 2. The predicted octanol–water partition coefficient (Wildman–Crippen LogP) is 2.27. The molecule has 176 valence electrons. The van der Waals surface area contributed by atoms with Gasteiger partial charge < -0.3 is 20.0 Å². The first kappa shape index (κ1) is 22.9. The van der Waals surface area contributed by atoms with Crippen LogP contribution in [0.1, 0.15) is 33.1 Å². The Kier molecular flexibility index (Phi) is 6.95. The van der Waals surface area contributed by atoms with Crippen LogP contribution in [0.25, 0.3) is 0 Å². The third kappa shape index (κ3) is 4.73. The van der Waals surface area contributed by atoms with Crippen molar-refractivity contribution in [3.63, 3.8) is 0 Å². The van der Waals surface area contributed by atoms with Gasteiger partial charge >= 0.3 is 6.03 Å². The van der Waals surface area contributed by atoms with Crippen LogP contribution in [-0.2, 0) is 4.79 Å². The van der Waals surface area contributed by atoms with Gasteiger partial charge in [0.2, 0.25) is 5.91 Å². The summed E-state index contributed by atoms with van der Waals surface area (Å²) in [7, 11) is 0. The number of hydrogen-bond donors (Lipinski definition) is 1. The molecule has 1 atom stereocenters. The normalized spacial score (nSPS) is 23.9. The Balaban J connectivity index is 1.26. The number of amides is 3. The van der Waals surface area contributed by atoms with Crippen molar-refractivity contribution in [1.29, 1.82) is 0 Å². The molecular formula is C23H33F2N5O2. The minimum absolute atomic E-state index is 0.171. The van der Waals surface area contributed by atoms with E-state index in [9.17, 15) is 18.4 Å². The molecule has 3 aliphatic heterocycles. The molecule has 7 nitrogen and oxygen atoms in total. The topological polar surface area (TPSA) is 59.1 Å². The number of anilines is 1. The molecule has 1 aromatic rings. The van der Waals surface area contributed by atoms with Crippen LogP contribution in [0.2, 0.25) is 0 Å². The molecule has 0 spiro atoms. The summed E-state index contributed by atoms with van der Waals surface area (Å²) in [6.07, 6.45) is 2.64. The molecule has 0 aliphatic carbocycles. The van der Waals surface area contributed by atoms with Crippen LogP contribution < -0.4 is 10.2 Å².